The number of H-pyrrole nitrogens is 1. The molecule has 110 valence electrons. The summed E-state index contributed by atoms with van der Waals surface area (Å²) in [5, 5.41) is 3.99. The Kier molecular flexibility index (Phi) is 4.71. The summed E-state index contributed by atoms with van der Waals surface area (Å²) in [5.41, 5.74) is 0.412. The van der Waals surface area contributed by atoms with Crippen LogP contribution in [0, 0.1) is 0 Å². The second kappa shape index (κ2) is 6.69. The van der Waals surface area contributed by atoms with Crippen molar-refractivity contribution in [2.75, 3.05) is 11.9 Å². The average molecular weight is 288 g/mol. The Morgan fingerprint density at radius 2 is 2.05 bits per heavy atom. The van der Waals surface area contributed by atoms with Crippen molar-refractivity contribution in [1.82, 2.24) is 4.98 Å². The highest BCUT2D eigenvalue weighted by Crippen LogP contribution is 2.16. The summed E-state index contributed by atoms with van der Waals surface area (Å²) in [6.45, 7) is 2.02. The molecule has 2 N–H and O–H groups in total. The molecule has 2 aromatic rings. The van der Waals surface area contributed by atoms with Crippen molar-refractivity contribution in [2.45, 2.75) is 19.8 Å². The van der Waals surface area contributed by atoms with E-state index in [-0.39, 0.29) is 24.3 Å². The third-order valence-electron chi connectivity index (χ3n) is 2.92. The molecule has 0 saturated heterocycles. The number of fused-ring (bicyclic) bond motifs is 1. The predicted octanol–water partition coefficient (Wildman–Crippen LogP) is 1.81. The van der Waals surface area contributed by atoms with Crippen molar-refractivity contribution in [2.24, 2.45) is 0 Å². The number of esters is 1. The van der Waals surface area contributed by atoms with E-state index >= 15 is 0 Å². The minimum Gasteiger partial charge on any atom is -0.466 e. The van der Waals surface area contributed by atoms with Gasteiger partial charge in [-0.3, -0.25) is 14.4 Å². The van der Waals surface area contributed by atoms with Gasteiger partial charge in [-0.25, -0.2) is 0 Å². The molecular weight excluding hydrogens is 272 g/mol. The number of hydrogen-bond acceptors (Lipinski definition) is 4. The molecule has 0 aliphatic rings. The molecule has 21 heavy (non-hydrogen) atoms. The van der Waals surface area contributed by atoms with Crippen LogP contribution in [0.4, 0.5) is 5.69 Å². The summed E-state index contributed by atoms with van der Waals surface area (Å²) in [6, 6.07) is 6.77. The van der Waals surface area contributed by atoms with Gasteiger partial charge in [0.1, 0.15) is 0 Å². The quantitative estimate of drug-likeness (QED) is 0.821. The van der Waals surface area contributed by atoms with Gasteiger partial charge >= 0.3 is 5.97 Å². The van der Waals surface area contributed by atoms with E-state index in [2.05, 4.69) is 10.3 Å². The number of amides is 1. The first-order chi connectivity index (χ1) is 10.1. The predicted molar refractivity (Wildman–Crippen MR) is 79.1 cm³/mol. The van der Waals surface area contributed by atoms with Crippen molar-refractivity contribution in [3.8, 4) is 0 Å². The van der Waals surface area contributed by atoms with Gasteiger partial charge in [0, 0.05) is 23.7 Å². The lowest BCUT2D eigenvalue weighted by Gasteiger charge is -2.06. The summed E-state index contributed by atoms with van der Waals surface area (Å²) in [7, 11) is 0. The molecular formula is C15H16N2O4. The lowest BCUT2D eigenvalue weighted by molar-refractivity contribution is -0.144. The van der Waals surface area contributed by atoms with Crippen molar-refractivity contribution in [3.05, 3.63) is 40.8 Å². The number of benzene rings is 1. The zero-order valence-corrected chi connectivity index (χ0v) is 11.6. The van der Waals surface area contributed by atoms with Gasteiger partial charge in [-0.1, -0.05) is 0 Å². The monoisotopic (exact) mass is 288 g/mol. The van der Waals surface area contributed by atoms with Gasteiger partial charge in [0.05, 0.1) is 13.0 Å². The molecule has 6 heteroatoms. The van der Waals surface area contributed by atoms with Gasteiger partial charge in [-0.2, -0.15) is 0 Å². The second-order valence-corrected chi connectivity index (χ2v) is 4.46. The van der Waals surface area contributed by atoms with Crippen LogP contribution in [0.15, 0.2) is 35.3 Å². The Morgan fingerprint density at radius 3 is 2.81 bits per heavy atom. The van der Waals surface area contributed by atoms with Crippen molar-refractivity contribution >= 4 is 28.3 Å². The Labute approximate surface area is 121 Å². The maximum absolute atomic E-state index is 11.7. The largest absolute Gasteiger partial charge is 0.466 e. The fraction of sp³-hybridized carbons (Fsp3) is 0.267. The van der Waals surface area contributed by atoms with Crippen LogP contribution in [-0.2, 0) is 14.3 Å². The lowest BCUT2D eigenvalue weighted by Crippen LogP contribution is -2.14. The van der Waals surface area contributed by atoms with E-state index in [1.165, 1.54) is 0 Å². The molecule has 0 unspecified atom stereocenters. The van der Waals surface area contributed by atoms with E-state index in [9.17, 15) is 14.4 Å². The number of anilines is 1. The molecule has 0 radical (unpaired) electrons. The summed E-state index contributed by atoms with van der Waals surface area (Å²) < 4.78 is 4.76. The van der Waals surface area contributed by atoms with Crippen molar-refractivity contribution in [3.63, 3.8) is 0 Å². The molecule has 0 bridgehead atoms. The first kappa shape index (κ1) is 14.8. The number of ether oxygens (including phenoxy) is 1. The molecule has 1 amide bonds. The molecule has 0 fully saturated rings. The summed E-state index contributed by atoms with van der Waals surface area (Å²) in [6.07, 6.45) is 1.66. The number of carbonyl (C=O) groups is 2. The third kappa shape index (κ3) is 3.92. The fourth-order valence-electron chi connectivity index (χ4n) is 1.94. The number of nitrogens with one attached hydrogen (secondary N) is 2. The maximum Gasteiger partial charge on any atom is 0.306 e. The second-order valence-electron chi connectivity index (χ2n) is 4.46. The molecule has 0 aliphatic carbocycles. The zero-order valence-electron chi connectivity index (χ0n) is 11.6. The van der Waals surface area contributed by atoms with E-state index < -0.39 is 5.97 Å². The smallest absolute Gasteiger partial charge is 0.306 e. The fourth-order valence-corrected chi connectivity index (χ4v) is 1.94. The highest BCUT2D eigenvalue weighted by atomic mass is 16.5. The number of aromatic nitrogens is 1. The minimum absolute atomic E-state index is 0.0485. The van der Waals surface area contributed by atoms with Gasteiger partial charge in [0.2, 0.25) is 5.91 Å². The Hall–Kier alpha value is -2.63. The van der Waals surface area contributed by atoms with Gasteiger partial charge in [-0.05, 0) is 36.6 Å². The number of carbonyl (C=O) groups excluding carboxylic acids is 2. The molecule has 0 spiro atoms. The molecule has 6 nitrogen and oxygen atoms in total. The Bertz CT molecular complexity index is 721. The van der Waals surface area contributed by atoms with Crippen LogP contribution in [0.3, 0.4) is 0 Å². The highest BCUT2D eigenvalue weighted by Gasteiger charge is 2.08. The number of rotatable bonds is 5. The first-order valence-corrected chi connectivity index (χ1v) is 6.67. The Morgan fingerprint density at radius 1 is 1.24 bits per heavy atom. The van der Waals surface area contributed by atoms with Crippen LogP contribution in [0.2, 0.25) is 0 Å². The first-order valence-electron chi connectivity index (χ1n) is 6.67. The SMILES string of the molecule is CCOC(=O)CCC(=O)Nc1ccc2c(=O)[nH]ccc2c1. The van der Waals surface area contributed by atoms with Crippen molar-refractivity contribution in [1.29, 1.82) is 0 Å². The normalized spacial score (nSPS) is 10.3. The standard InChI is InChI=1S/C15H16N2O4/c1-2-21-14(19)6-5-13(18)17-11-3-4-12-10(9-11)7-8-16-15(12)20/h3-4,7-9H,2,5-6H2,1H3,(H,16,20)(H,17,18). The zero-order chi connectivity index (χ0) is 15.2. The number of pyridine rings is 1. The molecule has 0 saturated carbocycles. The molecule has 0 aliphatic heterocycles. The van der Waals surface area contributed by atoms with Crippen LogP contribution >= 0.6 is 0 Å². The van der Waals surface area contributed by atoms with Crippen molar-refractivity contribution < 1.29 is 14.3 Å². The molecule has 1 heterocycles. The molecule has 1 aromatic heterocycles. The van der Waals surface area contributed by atoms with E-state index in [1.807, 2.05) is 0 Å². The number of aromatic amines is 1. The van der Waals surface area contributed by atoms with E-state index in [0.29, 0.717) is 17.7 Å². The topological polar surface area (TPSA) is 88.3 Å². The van der Waals surface area contributed by atoms with E-state index in [1.54, 1.807) is 37.4 Å². The van der Waals surface area contributed by atoms with Gasteiger partial charge in [0.25, 0.3) is 5.56 Å². The van der Waals surface area contributed by atoms with Crippen LogP contribution < -0.4 is 10.9 Å². The summed E-state index contributed by atoms with van der Waals surface area (Å²) >= 11 is 0. The Balaban J connectivity index is 2.01. The molecule has 1 aromatic carbocycles. The molecule has 0 atom stereocenters. The van der Waals surface area contributed by atoms with Gasteiger partial charge in [-0.15, -0.1) is 0 Å². The van der Waals surface area contributed by atoms with Crippen LogP contribution in [0.1, 0.15) is 19.8 Å². The summed E-state index contributed by atoms with van der Waals surface area (Å²) in [5.74, 6) is -0.662. The number of hydrogen-bond donors (Lipinski definition) is 2. The van der Waals surface area contributed by atoms with Crippen LogP contribution in [-0.4, -0.2) is 23.5 Å². The molecule has 2 rings (SSSR count). The third-order valence-corrected chi connectivity index (χ3v) is 2.92. The van der Waals surface area contributed by atoms with Gasteiger partial charge in [0.15, 0.2) is 0 Å². The van der Waals surface area contributed by atoms with Crippen LogP contribution in [0.25, 0.3) is 10.8 Å². The summed E-state index contributed by atoms with van der Waals surface area (Å²) in [4.78, 5) is 37.1. The van der Waals surface area contributed by atoms with E-state index in [4.69, 9.17) is 4.74 Å². The van der Waals surface area contributed by atoms with E-state index in [0.717, 1.165) is 5.39 Å². The average Bonchev–Trinajstić information content (AvgIpc) is 2.46. The highest BCUT2D eigenvalue weighted by molar-refractivity contribution is 5.95. The maximum atomic E-state index is 11.7. The van der Waals surface area contributed by atoms with Gasteiger partial charge < -0.3 is 15.0 Å². The minimum atomic E-state index is -0.391. The lowest BCUT2D eigenvalue weighted by atomic mass is 10.1. The van der Waals surface area contributed by atoms with Crippen LogP contribution in [0.5, 0.6) is 0 Å².